The predicted molar refractivity (Wildman–Crippen MR) is 119 cm³/mol. The minimum atomic E-state index is -4.52. The van der Waals surface area contributed by atoms with Gasteiger partial charge in [0.1, 0.15) is 5.75 Å². The highest BCUT2D eigenvalue weighted by molar-refractivity contribution is 5.55. The van der Waals surface area contributed by atoms with Gasteiger partial charge in [0.25, 0.3) is 0 Å². The van der Waals surface area contributed by atoms with Gasteiger partial charge in [0, 0.05) is 0 Å². The lowest BCUT2D eigenvalue weighted by Crippen LogP contribution is -2.55. The molecular weight excluding hydrogens is 419 g/mol. The molecule has 1 aliphatic heterocycles. The molecular formula is C25H32F3NO3. The van der Waals surface area contributed by atoms with Gasteiger partial charge in [-0.1, -0.05) is 49.4 Å². The van der Waals surface area contributed by atoms with Crippen LogP contribution < -0.4 is 10.5 Å². The lowest BCUT2D eigenvalue weighted by atomic mass is 9.87. The highest BCUT2D eigenvalue weighted by Crippen LogP contribution is 2.37. The van der Waals surface area contributed by atoms with Crippen LogP contribution in [0.25, 0.3) is 6.08 Å². The van der Waals surface area contributed by atoms with Crippen LogP contribution in [-0.2, 0) is 15.7 Å². The van der Waals surface area contributed by atoms with E-state index in [4.69, 9.17) is 19.9 Å². The largest absolute Gasteiger partial charge is 0.493 e. The fourth-order valence-corrected chi connectivity index (χ4v) is 3.68. The van der Waals surface area contributed by atoms with E-state index in [2.05, 4.69) is 19.1 Å². The summed E-state index contributed by atoms with van der Waals surface area (Å²) in [5, 5.41) is 0. The molecule has 1 unspecified atom stereocenters. The first-order valence-corrected chi connectivity index (χ1v) is 10.9. The van der Waals surface area contributed by atoms with Gasteiger partial charge in [-0.3, -0.25) is 0 Å². The number of hydrogen-bond acceptors (Lipinski definition) is 4. The Bertz CT molecular complexity index is 864. The molecule has 4 nitrogen and oxygen atoms in total. The van der Waals surface area contributed by atoms with E-state index >= 15 is 0 Å². The molecule has 1 fully saturated rings. The van der Waals surface area contributed by atoms with E-state index in [0.29, 0.717) is 23.8 Å². The molecule has 2 atom stereocenters. The number of nitrogens with two attached hydrogens (primary N) is 1. The molecule has 0 saturated carbocycles. The second-order valence-electron chi connectivity index (χ2n) is 9.08. The Balaban J connectivity index is 1.63. The summed E-state index contributed by atoms with van der Waals surface area (Å²) in [5.41, 5.74) is 4.93. The van der Waals surface area contributed by atoms with Crippen LogP contribution in [0.2, 0.25) is 0 Å². The van der Waals surface area contributed by atoms with Crippen molar-refractivity contribution in [2.45, 2.75) is 51.1 Å². The molecule has 1 aromatic rings. The zero-order chi connectivity index (χ0) is 23.4. The Kier molecular flexibility index (Phi) is 7.53. The summed E-state index contributed by atoms with van der Waals surface area (Å²) in [6.45, 7) is 6.37. The van der Waals surface area contributed by atoms with Crippen molar-refractivity contribution in [2.75, 3.05) is 19.8 Å². The summed E-state index contributed by atoms with van der Waals surface area (Å²) in [6, 6.07) is 4.05. The first kappa shape index (κ1) is 24.6. The van der Waals surface area contributed by atoms with Crippen LogP contribution in [0.1, 0.15) is 44.7 Å². The zero-order valence-electron chi connectivity index (χ0n) is 18.8. The maximum absolute atomic E-state index is 13.6. The zero-order valence-corrected chi connectivity index (χ0v) is 18.8. The second kappa shape index (κ2) is 9.81. The topological polar surface area (TPSA) is 53.7 Å². The van der Waals surface area contributed by atoms with Gasteiger partial charge in [0.15, 0.2) is 5.79 Å². The third-order valence-electron chi connectivity index (χ3n) is 5.79. The standard InChI is InChI=1S/C25H32F3NO3/c1-18-7-4-5-8-20(18)9-6-14-30-22-11-10-19(15-21(22)25(26,27)28)12-13-24(29)16-31-23(2,3)32-17-24/h4-5,7-8,10-13,15,18,20H,6,9,14,16-17,29H2,1-3H3/b13-12+/t18-,20?/m1/s1. The van der Waals surface area contributed by atoms with Gasteiger partial charge >= 0.3 is 6.18 Å². The maximum atomic E-state index is 13.6. The van der Waals surface area contributed by atoms with Gasteiger partial charge in [-0.2, -0.15) is 13.2 Å². The molecule has 2 aliphatic rings. The van der Waals surface area contributed by atoms with Crippen molar-refractivity contribution in [3.8, 4) is 5.75 Å². The molecule has 0 aromatic heterocycles. The first-order valence-electron chi connectivity index (χ1n) is 10.9. The lowest BCUT2D eigenvalue weighted by molar-refractivity contribution is -0.260. The SMILES string of the molecule is C[C@@H]1C=CC=CC1CCCOc1ccc(/C=C/C2(N)COC(C)(C)OC2)cc1C(F)(F)F. The summed E-state index contributed by atoms with van der Waals surface area (Å²) in [6.07, 6.45) is 8.52. The maximum Gasteiger partial charge on any atom is 0.419 e. The van der Waals surface area contributed by atoms with Crippen LogP contribution in [-0.4, -0.2) is 31.1 Å². The van der Waals surface area contributed by atoms with Gasteiger partial charge in [-0.25, -0.2) is 0 Å². The number of benzene rings is 1. The fourth-order valence-electron chi connectivity index (χ4n) is 3.68. The van der Waals surface area contributed by atoms with E-state index < -0.39 is 23.1 Å². The van der Waals surface area contributed by atoms with Crippen molar-refractivity contribution in [3.05, 3.63) is 59.7 Å². The quantitative estimate of drug-likeness (QED) is 0.538. The molecule has 1 heterocycles. The molecule has 7 heteroatoms. The minimum absolute atomic E-state index is 0.157. The molecule has 1 saturated heterocycles. The van der Waals surface area contributed by atoms with Crippen molar-refractivity contribution in [3.63, 3.8) is 0 Å². The summed E-state index contributed by atoms with van der Waals surface area (Å²) in [5.74, 6) is -0.0645. The van der Waals surface area contributed by atoms with E-state index in [1.165, 1.54) is 6.07 Å². The van der Waals surface area contributed by atoms with E-state index in [1.54, 1.807) is 32.1 Å². The normalized spacial score (nSPS) is 24.7. The van der Waals surface area contributed by atoms with Gasteiger partial charge in [-0.15, -0.1) is 0 Å². The predicted octanol–water partition coefficient (Wildman–Crippen LogP) is 5.74. The summed E-state index contributed by atoms with van der Waals surface area (Å²) < 4.78 is 57.6. The Morgan fingerprint density at radius 2 is 1.84 bits per heavy atom. The molecule has 176 valence electrons. The molecule has 0 bridgehead atoms. The van der Waals surface area contributed by atoms with E-state index in [9.17, 15) is 13.2 Å². The van der Waals surface area contributed by atoms with Crippen LogP contribution in [0.5, 0.6) is 5.75 Å². The number of hydrogen-bond donors (Lipinski definition) is 1. The lowest BCUT2D eigenvalue weighted by Gasteiger charge is -2.39. The number of allylic oxidation sites excluding steroid dienone is 4. The molecule has 2 N–H and O–H groups in total. The first-order chi connectivity index (χ1) is 15.0. The Hall–Kier alpha value is -2.09. The van der Waals surface area contributed by atoms with Crippen molar-refractivity contribution in [1.82, 2.24) is 0 Å². The summed E-state index contributed by atoms with van der Waals surface area (Å²) in [7, 11) is 0. The third-order valence-corrected chi connectivity index (χ3v) is 5.79. The Morgan fingerprint density at radius 3 is 2.50 bits per heavy atom. The number of halogens is 3. The van der Waals surface area contributed by atoms with Crippen LogP contribution in [0.3, 0.4) is 0 Å². The van der Waals surface area contributed by atoms with E-state index in [1.807, 2.05) is 12.2 Å². The molecule has 1 aromatic carbocycles. The summed E-state index contributed by atoms with van der Waals surface area (Å²) in [4.78, 5) is 0. The van der Waals surface area contributed by atoms with Gasteiger partial charge in [-0.05, 0) is 56.2 Å². The van der Waals surface area contributed by atoms with Crippen molar-refractivity contribution < 1.29 is 27.4 Å². The van der Waals surface area contributed by atoms with Crippen molar-refractivity contribution in [2.24, 2.45) is 17.6 Å². The van der Waals surface area contributed by atoms with E-state index in [-0.39, 0.29) is 25.6 Å². The number of alkyl halides is 3. The average molecular weight is 452 g/mol. The highest BCUT2D eigenvalue weighted by atomic mass is 19.4. The molecule has 0 spiro atoms. The Morgan fingerprint density at radius 1 is 1.16 bits per heavy atom. The monoisotopic (exact) mass is 451 g/mol. The summed E-state index contributed by atoms with van der Waals surface area (Å²) >= 11 is 0. The van der Waals surface area contributed by atoms with Gasteiger partial charge in [0.05, 0.1) is 30.9 Å². The van der Waals surface area contributed by atoms with Crippen LogP contribution in [0, 0.1) is 11.8 Å². The van der Waals surface area contributed by atoms with Gasteiger partial charge in [0.2, 0.25) is 0 Å². The van der Waals surface area contributed by atoms with Crippen LogP contribution >= 0.6 is 0 Å². The van der Waals surface area contributed by atoms with Crippen LogP contribution in [0.15, 0.2) is 48.6 Å². The van der Waals surface area contributed by atoms with Crippen LogP contribution in [0.4, 0.5) is 13.2 Å². The minimum Gasteiger partial charge on any atom is -0.493 e. The molecule has 0 amide bonds. The fraction of sp³-hybridized carbons (Fsp3) is 0.520. The van der Waals surface area contributed by atoms with Crippen molar-refractivity contribution in [1.29, 1.82) is 0 Å². The molecule has 32 heavy (non-hydrogen) atoms. The van der Waals surface area contributed by atoms with Gasteiger partial charge < -0.3 is 19.9 Å². The Labute approximate surface area is 187 Å². The smallest absolute Gasteiger partial charge is 0.419 e. The molecule has 1 aliphatic carbocycles. The van der Waals surface area contributed by atoms with Crippen molar-refractivity contribution >= 4 is 6.08 Å². The molecule has 3 rings (SSSR count). The average Bonchev–Trinajstić information content (AvgIpc) is 2.73. The van der Waals surface area contributed by atoms with E-state index in [0.717, 1.165) is 12.5 Å². The molecule has 0 radical (unpaired) electrons. The third kappa shape index (κ3) is 6.70. The number of ether oxygens (including phenoxy) is 3. The second-order valence-corrected chi connectivity index (χ2v) is 9.08. The number of rotatable bonds is 7. The highest BCUT2D eigenvalue weighted by Gasteiger charge is 2.36.